The number of aromatic nitrogens is 3. The number of amides is 2. The molecule has 1 aliphatic heterocycles. The third-order valence-electron chi connectivity index (χ3n) is 5.62. The molecule has 1 aromatic carbocycles. The molecule has 0 aliphatic carbocycles. The summed E-state index contributed by atoms with van der Waals surface area (Å²) in [5.74, 6) is 0.907. The van der Waals surface area contributed by atoms with E-state index in [2.05, 4.69) is 67.5 Å². The molecule has 0 bridgehead atoms. The van der Waals surface area contributed by atoms with Crippen LogP contribution in [0.25, 0.3) is 16.2 Å². The van der Waals surface area contributed by atoms with Gasteiger partial charge in [-0.2, -0.15) is 4.52 Å². The molecule has 34 heavy (non-hydrogen) atoms. The lowest BCUT2D eigenvalue weighted by Gasteiger charge is -2.34. The van der Waals surface area contributed by atoms with Crippen LogP contribution in [0.4, 0.5) is 15.7 Å². The van der Waals surface area contributed by atoms with E-state index in [1.165, 1.54) is 5.56 Å². The van der Waals surface area contributed by atoms with Crippen molar-refractivity contribution in [2.24, 2.45) is 0 Å². The van der Waals surface area contributed by atoms with Crippen LogP contribution in [-0.2, 0) is 4.74 Å². The van der Waals surface area contributed by atoms with Gasteiger partial charge in [-0.1, -0.05) is 35.1 Å². The minimum Gasteiger partial charge on any atom is -0.385 e. The number of aryl methyl sites for hydroxylation is 1. The van der Waals surface area contributed by atoms with Gasteiger partial charge in [0.15, 0.2) is 5.82 Å². The van der Waals surface area contributed by atoms with Crippen LogP contribution in [0.3, 0.4) is 0 Å². The number of fused-ring (bicyclic) bond motifs is 1. The van der Waals surface area contributed by atoms with Crippen molar-refractivity contribution in [1.82, 2.24) is 24.8 Å². The summed E-state index contributed by atoms with van der Waals surface area (Å²) in [4.78, 5) is 22.3. The third kappa shape index (κ3) is 5.61. The van der Waals surface area contributed by atoms with Crippen LogP contribution >= 0.6 is 11.3 Å². The first-order chi connectivity index (χ1) is 16.2. The number of nitrogens with one attached hydrogen (secondary N) is 2. The minimum atomic E-state index is -0.138. The van der Waals surface area contributed by atoms with Gasteiger partial charge in [0.05, 0.1) is 0 Å². The Hall–Kier alpha value is -2.85. The predicted molar refractivity (Wildman–Crippen MR) is 138 cm³/mol. The number of piperazine rings is 1. The van der Waals surface area contributed by atoms with Crippen LogP contribution in [0.5, 0.6) is 0 Å². The van der Waals surface area contributed by atoms with Gasteiger partial charge in [0, 0.05) is 57.5 Å². The Labute approximate surface area is 205 Å². The van der Waals surface area contributed by atoms with Crippen LogP contribution in [0, 0.1) is 6.92 Å². The second-order valence-electron chi connectivity index (χ2n) is 9.68. The zero-order chi connectivity index (χ0) is 24.3. The zero-order valence-corrected chi connectivity index (χ0v) is 21.5. The van der Waals surface area contributed by atoms with Crippen molar-refractivity contribution in [1.29, 1.82) is 0 Å². The molecule has 0 unspecified atom stereocenters. The lowest BCUT2D eigenvalue weighted by atomic mass is 10.1. The van der Waals surface area contributed by atoms with Gasteiger partial charge in [0.1, 0.15) is 5.69 Å². The average Bonchev–Trinajstić information content (AvgIpc) is 3.35. The normalized spacial score (nSPS) is 14.6. The number of rotatable bonds is 7. The fourth-order valence-electron chi connectivity index (χ4n) is 3.95. The maximum atomic E-state index is 12.4. The molecule has 2 N–H and O–H groups in total. The largest absolute Gasteiger partial charge is 0.385 e. The summed E-state index contributed by atoms with van der Waals surface area (Å²) in [6.07, 6.45) is 0.816. The first-order valence-electron chi connectivity index (χ1n) is 11.8. The summed E-state index contributed by atoms with van der Waals surface area (Å²) >= 11 is 1.59. The molecule has 1 fully saturated rings. The lowest BCUT2D eigenvalue weighted by molar-refractivity contribution is 0.183. The van der Waals surface area contributed by atoms with Gasteiger partial charge < -0.3 is 25.2 Å². The smallest absolute Gasteiger partial charge is 0.317 e. The Morgan fingerprint density at radius 3 is 2.65 bits per heavy atom. The van der Waals surface area contributed by atoms with Crippen LogP contribution in [-0.4, -0.2) is 77.5 Å². The molecule has 1 saturated heterocycles. The van der Waals surface area contributed by atoms with E-state index >= 15 is 0 Å². The number of urea groups is 1. The Balaban J connectivity index is 1.50. The number of carbonyl (C=O) groups is 1. The number of methoxy groups -OCH3 is 1. The molecular formula is C24H35N7O2S. The standard InChI is InChI=1S/C24H35N7O2S/c1-17-8-6-9-18(16-17)19-20(27-24(2,3)4)31-22(26-19)34-23(28-31)30-13-11-29(12-14-30)21(32)25-10-7-15-33-5/h6,8-9,16,27H,7,10-15H2,1-5H3,(H,25,32). The van der Waals surface area contributed by atoms with E-state index in [-0.39, 0.29) is 11.6 Å². The molecule has 10 heteroatoms. The Bertz CT molecular complexity index is 1130. The summed E-state index contributed by atoms with van der Waals surface area (Å²) < 4.78 is 6.96. The monoisotopic (exact) mass is 485 g/mol. The second kappa shape index (κ2) is 10.2. The van der Waals surface area contributed by atoms with E-state index in [0.29, 0.717) is 26.2 Å². The highest BCUT2D eigenvalue weighted by Crippen LogP contribution is 2.35. The molecule has 2 aromatic heterocycles. The van der Waals surface area contributed by atoms with E-state index < -0.39 is 0 Å². The molecule has 184 valence electrons. The molecule has 2 amide bonds. The maximum Gasteiger partial charge on any atom is 0.317 e. The average molecular weight is 486 g/mol. The van der Waals surface area contributed by atoms with Crippen molar-refractivity contribution in [2.45, 2.75) is 39.7 Å². The van der Waals surface area contributed by atoms with E-state index in [9.17, 15) is 4.79 Å². The fraction of sp³-hybridized carbons (Fsp3) is 0.542. The Morgan fingerprint density at radius 2 is 1.97 bits per heavy atom. The number of ether oxygens (including phenoxy) is 1. The maximum absolute atomic E-state index is 12.4. The van der Waals surface area contributed by atoms with E-state index in [1.807, 2.05) is 9.42 Å². The first-order valence-corrected chi connectivity index (χ1v) is 12.6. The SMILES string of the molecule is COCCCNC(=O)N1CCN(c2nn3c(NC(C)(C)C)c(-c4cccc(C)c4)nc3s2)CC1. The predicted octanol–water partition coefficient (Wildman–Crippen LogP) is 3.84. The molecule has 3 heterocycles. The first kappa shape index (κ1) is 24.3. The number of anilines is 2. The van der Waals surface area contributed by atoms with Crippen molar-refractivity contribution in [3.05, 3.63) is 29.8 Å². The van der Waals surface area contributed by atoms with Crippen LogP contribution in [0.15, 0.2) is 24.3 Å². The summed E-state index contributed by atoms with van der Waals surface area (Å²) in [6.45, 7) is 12.6. The molecule has 0 saturated carbocycles. The molecule has 0 radical (unpaired) electrons. The summed E-state index contributed by atoms with van der Waals surface area (Å²) in [5, 5.41) is 12.4. The third-order valence-corrected chi connectivity index (χ3v) is 6.59. The molecule has 4 rings (SSSR count). The Morgan fingerprint density at radius 1 is 1.21 bits per heavy atom. The van der Waals surface area contributed by atoms with Crippen LogP contribution in [0.2, 0.25) is 0 Å². The van der Waals surface area contributed by atoms with Gasteiger partial charge in [-0.15, -0.1) is 5.10 Å². The molecule has 9 nitrogen and oxygen atoms in total. The summed E-state index contributed by atoms with van der Waals surface area (Å²) in [7, 11) is 1.67. The molecular weight excluding hydrogens is 450 g/mol. The fourth-order valence-corrected chi connectivity index (χ4v) is 4.90. The summed E-state index contributed by atoms with van der Waals surface area (Å²) in [6, 6.07) is 8.39. The number of hydrogen-bond donors (Lipinski definition) is 2. The van der Waals surface area contributed by atoms with Crippen molar-refractivity contribution < 1.29 is 9.53 Å². The van der Waals surface area contributed by atoms with E-state index in [4.69, 9.17) is 14.8 Å². The zero-order valence-electron chi connectivity index (χ0n) is 20.7. The van der Waals surface area contributed by atoms with Gasteiger partial charge >= 0.3 is 6.03 Å². The van der Waals surface area contributed by atoms with Gasteiger partial charge in [-0.05, 0) is 40.2 Å². The van der Waals surface area contributed by atoms with Crippen molar-refractivity contribution >= 4 is 33.3 Å². The quantitative estimate of drug-likeness (QED) is 0.495. The minimum absolute atomic E-state index is 0.0100. The van der Waals surface area contributed by atoms with Crippen LogP contribution < -0.4 is 15.5 Å². The highest BCUT2D eigenvalue weighted by atomic mass is 32.1. The molecule has 3 aromatic rings. The topological polar surface area (TPSA) is 87.0 Å². The van der Waals surface area contributed by atoms with Gasteiger partial charge in [-0.25, -0.2) is 9.78 Å². The molecule has 1 aliphatic rings. The van der Waals surface area contributed by atoms with Crippen molar-refractivity contribution in [3.8, 4) is 11.3 Å². The highest BCUT2D eigenvalue weighted by molar-refractivity contribution is 7.20. The molecule has 0 atom stereocenters. The molecule has 0 spiro atoms. The van der Waals surface area contributed by atoms with Crippen molar-refractivity contribution in [3.63, 3.8) is 0 Å². The number of nitrogens with zero attached hydrogens (tertiary/aromatic N) is 5. The van der Waals surface area contributed by atoms with E-state index in [1.54, 1.807) is 18.4 Å². The van der Waals surface area contributed by atoms with Crippen molar-refractivity contribution in [2.75, 3.05) is 56.7 Å². The highest BCUT2D eigenvalue weighted by Gasteiger charge is 2.26. The Kier molecular flexibility index (Phi) is 7.27. The van der Waals surface area contributed by atoms with E-state index in [0.717, 1.165) is 46.7 Å². The number of hydrogen-bond acceptors (Lipinski definition) is 7. The van der Waals surface area contributed by atoms with Gasteiger partial charge in [0.25, 0.3) is 0 Å². The summed E-state index contributed by atoms with van der Waals surface area (Å²) in [5.41, 5.74) is 3.06. The van der Waals surface area contributed by atoms with Crippen LogP contribution in [0.1, 0.15) is 32.8 Å². The van der Waals surface area contributed by atoms with Gasteiger partial charge in [0.2, 0.25) is 10.1 Å². The van der Waals surface area contributed by atoms with Gasteiger partial charge in [-0.3, -0.25) is 0 Å². The number of benzene rings is 1. The lowest BCUT2D eigenvalue weighted by Crippen LogP contribution is -2.52. The number of imidazole rings is 1. The second-order valence-corrected chi connectivity index (χ2v) is 10.6. The number of carbonyl (C=O) groups excluding carboxylic acids is 1.